The van der Waals surface area contributed by atoms with Crippen LogP contribution in [0.3, 0.4) is 0 Å². The van der Waals surface area contributed by atoms with Gasteiger partial charge >= 0.3 is 0 Å². The Morgan fingerprint density at radius 1 is 1.00 bits per heavy atom. The molecule has 0 aliphatic carbocycles. The molecular weight excluding hydrogens is 250 g/mol. The summed E-state index contributed by atoms with van der Waals surface area (Å²) >= 11 is 0. The first-order valence-corrected chi connectivity index (χ1v) is 6.20. The Morgan fingerprint density at radius 3 is 2.80 bits per heavy atom. The Bertz CT molecular complexity index is 854. The van der Waals surface area contributed by atoms with E-state index in [0.717, 1.165) is 27.7 Å². The normalized spacial score (nSPS) is 12.9. The molecule has 0 atom stereocenters. The molecule has 3 heterocycles. The maximum absolute atomic E-state index is 5.83. The summed E-state index contributed by atoms with van der Waals surface area (Å²) in [6, 6.07) is 10.0. The first-order chi connectivity index (χ1) is 9.81. The summed E-state index contributed by atoms with van der Waals surface area (Å²) < 4.78 is 0. The first-order valence-electron chi connectivity index (χ1n) is 6.20. The molecule has 5 nitrogen and oxygen atoms in total. The van der Waals surface area contributed by atoms with Gasteiger partial charge in [0.15, 0.2) is 5.82 Å². The zero-order chi connectivity index (χ0) is 13.5. The Kier molecular flexibility index (Phi) is 2.20. The molecule has 20 heavy (non-hydrogen) atoms. The molecule has 3 aromatic rings. The maximum Gasteiger partial charge on any atom is 0.165 e. The van der Waals surface area contributed by atoms with Crippen LogP contribution in [0.5, 0.6) is 0 Å². The summed E-state index contributed by atoms with van der Waals surface area (Å²) in [6.45, 7) is 0. The molecule has 0 amide bonds. The molecule has 0 bridgehead atoms. The number of hydrogen-bond donors (Lipinski definition) is 1. The topological polar surface area (TPSA) is 78.8 Å². The fourth-order valence-corrected chi connectivity index (χ4v) is 2.27. The van der Waals surface area contributed by atoms with Gasteiger partial charge in [0.2, 0.25) is 0 Å². The Labute approximate surface area is 115 Å². The summed E-state index contributed by atoms with van der Waals surface area (Å²) in [4.78, 5) is 12.5. The number of fused-ring (bicyclic) bond motifs is 2. The highest BCUT2D eigenvalue weighted by Crippen LogP contribution is 2.33. The third-order valence-electron chi connectivity index (χ3n) is 3.29. The van der Waals surface area contributed by atoms with E-state index in [2.05, 4.69) is 26.3 Å². The van der Waals surface area contributed by atoms with Gasteiger partial charge in [0.1, 0.15) is 12.1 Å². The minimum Gasteiger partial charge on any atom is -0.383 e. The van der Waals surface area contributed by atoms with Gasteiger partial charge < -0.3 is 5.73 Å². The smallest absolute Gasteiger partial charge is 0.165 e. The van der Waals surface area contributed by atoms with Gasteiger partial charge in [-0.3, -0.25) is 4.98 Å². The van der Waals surface area contributed by atoms with Gasteiger partial charge in [-0.25, -0.2) is 15.3 Å². The van der Waals surface area contributed by atoms with Crippen LogP contribution in [-0.2, 0) is 0 Å². The predicted octanol–water partition coefficient (Wildman–Crippen LogP) is 2.35. The van der Waals surface area contributed by atoms with Crippen LogP contribution in [0.1, 0.15) is 11.1 Å². The van der Waals surface area contributed by atoms with Crippen LogP contribution < -0.4 is 11.1 Å². The molecule has 0 saturated carbocycles. The molecule has 5 heteroatoms. The Hall–Kier alpha value is -2.95. The van der Waals surface area contributed by atoms with Crippen molar-refractivity contribution in [2.24, 2.45) is 0 Å². The second-order valence-corrected chi connectivity index (χ2v) is 4.55. The number of nitrogens with zero attached hydrogens (tertiary/aromatic N) is 4. The van der Waals surface area contributed by atoms with Gasteiger partial charge in [0, 0.05) is 17.1 Å². The van der Waals surface area contributed by atoms with E-state index in [1.165, 1.54) is 6.33 Å². The van der Waals surface area contributed by atoms with E-state index in [4.69, 9.17) is 5.73 Å². The van der Waals surface area contributed by atoms with Crippen LogP contribution in [0.2, 0.25) is 0 Å². The fourth-order valence-electron chi connectivity index (χ4n) is 2.27. The SMILES string of the molecule is Nc1ncnc2c1C=C(c1cnc3ccccc3c1)[N]2. The molecule has 0 spiro atoms. The Balaban J connectivity index is 1.82. The number of pyridine rings is 1. The maximum atomic E-state index is 5.83. The van der Waals surface area contributed by atoms with E-state index in [-0.39, 0.29) is 0 Å². The van der Waals surface area contributed by atoms with Crippen molar-refractivity contribution in [3.8, 4) is 0 Å². The van der Waals surface area contributed by atoms with Gasteiger partial charge in [-0.2, -0.15) is 0 Å². The van der Waals surface area contributed by atoms with Gasteiger partial charge in [0.05, 0.1) is 16.8 Å². The van der Waals surface area contributed by atoms with E-state index in [1.54, 1.807) is 0 Å². The lowest BCUT2D eigenvalue weighted by Crippen LogP contribution is -1.98. The van der Waals surface area contributed by atoms with Crippen LogP contribution in [-0.4, -0.2) is 15.0 Å². The summed E-state index contributed by atoms with van der Waals surface area (Å²) in [7, 11) is 0. The standard InChI is InChI=1S/C15H10N5/c16-14-11-6-13(20-15(11)19-8-18-14)10-5-9-3-1-2-4-12(9)17-7-10/h1-8H,(H2,16,18,19). The number of aromatic nitrogens is 3. The fraction of sp³-hybridized carbons (Fsp3) is 0. The zero-order valence-electron chi connectivity index (χ0n) is 10.5. The molecule has 0 saturated heterocycles. The number of hydrogen-bond acceptors (Lipinski definition) is 4. The number of rotatable bonds is 1. The van der Waals surface area contributed by atoms with Crippen molar-refractivity contribution in [2.45, 2.75) is 0 Å². The number of benzene rings is 1. The van der Waals surface area contributed by atoms with Crippen molar-refractivity contribution in [1.29, 1.82) is 0 Å². The average Bonchev–Trinajstić information content (AvgIpc) is 2.92. The molecule has 2 aromatic heterocycles. The average molecular weight is 260 g/mol. The molecule has 1 aliphatic heterocycles. The van der Waals surface area contributed by atoms with Gasteiger partial charge in [-0.05, 0) is 18.2 Å². The molecule has 95 valence electrons. The second kappa shape index (κ2) is 4.03. The molecule has 1 aliphatic rings. The third-order valence-corrected chi connectivity index (χ3v) is 3.29. The van der Waals surface area contributed by atoms with Crippen LogP contribution in [0.4, 0.5) is 11.6 Å². The van der Waals surface area contributed by atoms with Crippen molar-refractivity contribution in [3.05, 3.63) is 54.0 Å². The lowest BCUT2D eigenvalue weighted by Gasteiger charge is -2.03. The molecule has 1 radical (unpaired) electrons. The van der Waals surface area contributed by atoms with Gasteiger partial charge in [-0.15, -0.1) is 0 Å². The summed E-state index contributed by atoms with van der Waals surface area (Å²) in [5.74, 6) is 1.06. The van der Waals surface area contributed by atoms with Crippen LogP contribution >= 0.6 is 0 Å². The van der Waals surface area contributed by atoms with Crippen molar-refractivity contribution >= 4 is 34.3 Å². The van der Waals surface area contributed by atoms with E-state index >= 15 is 0 Å². The molecule has 4 rings (SSSR count). The summed E-state index contributed by atoms with van der Waals surface area (Å²) in [6.07, 6.45) is 5.14. The van der Waals surface area contributed by atoms with E-state index < -0.39 is 0 Å². The molecular formula is C15H10N5. The van der Waals surface area contributed by atoms with E-state index in [1.807, 2.05) is 36.5 Å². The van der Waals surface area contributed by atoms with Gasteiger partial charge in [0.25, 0.3) is 0 Å². The quantitative estimate of drug-likeness (QED) is 0.728. The highest BCUT2D eigenvalue weighted by Gasteiger charge is 2.19. The monoisotopic (exact) mass is 260 g/mol. The molecule has 2 N–H and O–H groups in total. The summed E-state index contributed by atoms with van der Waals surface area (Å²) in [5.41, 5.74) is 9.33. The molecule has 0 fully saturated rings. The number of nitrogen functional groups attached to an aromatic ring is 1. The minimum absolute atomic E-state index is 0.447. The van der Waals surface area contributed by atoms with Crippen LogP contribution in [0, 0.1) is 0 Å². The van der Waals surface area contributed by atoms with Crippen molar-refractivity contribution in [1.82, 2.24) is 20.3 Å². The van der Waals surface area contributed by atoms with E-state index in [0.29, 0.717) is 11.6 Å². The van der Waals surface area contributed by atoms with Crippen LogP contribution in [0.15, 0.2) is 42.9 Å². The van der Waals surface area contributed by atoms with E-state index in [9.17, 15) is 0 Å². The highest BCUT2D eigenvalue weighted by atomic mass is 15.1. The molecule has 1 aromatic carbocycles. The molecule has 0 unspecified atom stereocenters. The van der Waals surface area contributed by atoms with Gasteiger partial charge in [-0.1, -0.05) is 18.2 Å². The van der Waals surface area contributed by atoms with Crippen molar-refractivity contribution in [2.75, 3.05) is 5.73 Å². The highest BCUT2D eigenvalue weighted by molar-refractivity contribution is 5.94. The lowest BCUT2D eigenvalue weighted by molar-refractivity contribution is 1.08. The number of nitrogens with two attached hydrogens (primary N) is 1. The number of para-hydroxylation sites is 1. The minimum atomic E-state index is 0.447. The largest absolute Gasteiger partial charge is 0.383 e. The zero-order valence-corrected chi connectivity index (χ0v) is 10.5. The van der Waals surface area contributed by atoms with Crippen molar-refractivity contribution in [3.63, 3.8) is 0 Å². The predicted molar refractivity (Wildman–Crippen MR) is 77.9 cm³/mol. The second-order valence-electron chi connectivity index (χ2n) is 4.55. The summed E-state index contributed by atoms with van der Waals surface area (Å²) in [5, 5.41) is 5.56. The van der Waals surface area contributed by atoms with Crippen LogP contribution in [0.25, 0.3) is 22.7 Å². The lowest BCUT2D eigenvalue weighted by atomic mass is 10.1. The number of anilines is 1. The Morgan fingerprint density at radius 2 is 1.90 bits per heavy atom. The third kappa shape index (κ3) is 1.60. The van der Waals surface area contributed by atoms with Crippen molar-refractivity contribution < 1.29 is 0 Å². The first kappa shape index (κ1) is 10.9.